The van der Waals surface area contributed by atoms with Crippen LogP contribution in [0.4, 0.5) is 0 Å². The summed E-state index contributed by atoms with van der Waals surface area (Å²) < 4.78 is 0. The van der Waals surface area contributed by atoms with Crippen LogP contribution in [0.2, 0.25) is 0 Å². The van der Waals surface area contributed by atoms with E-state index in [-0.39, 0.29) is 31.8 Å². The number of pyridine rings is 1. The first-order valence-electron chi connectivity index (χ1n) is 3.05. The van der Waals surface area contributed by atoms with Gasteiger partial charge in [0.1, 0.15) is 11.4 Å². The smallest absolute Gasteiger partial charge is 0.354 e. The van der Waals surface area contributed by atoms with E-state index in [4.69, 9.17) is 10.2 Å². The van der Waals surface area contributed by atoms with Crippen LogP contribution in [0.25, 0.3) is 0 Å². The average molecular weight is 274 g/mol. The van der Waals surface area contributed by atoms with Gasteiger partial charge in [-0.15, -0.1) is 0 Å². The van der Waals surface area contributed by atoms with Gasteiger partial charge >= 0.3 is 11.9 Å². The van der Waals surface area contributed by atoms with Crippen LogP contribution in [0.15, 0.2) is 18.2 Å². The van der Waals surface area contributed by atoms with Crippen LogP contribution >= 0.6 is 0 Å². The van der Waals surface area contributed by atoms with Crippen LogP contribution in [0.5, 0.6) is 0 Å². The summed E-state index contributed by atoms with van der Waals surface area (Å²) in [5.74, 6) is -2.48. The Morgan fingerprint density at radius 2 is 1.46 bits per heavy atom. The van der Waals surface area contributed by atoms with Gasteiger partial charge in [-0.25, -0.2) is 14.6 Å². The Balaban J connectivity index is 0.00000144. The van der Waals surface area contributed by atoms with E-state index < -0.39 is 11.9 Å². The topological polar surface area (TPSA) is 87.5 Å². The molecule has 0 unspecified atom stereocenters. The third-order valence-corrected chi connectivity index (χ3v) is 1.19. The van der Waals surface area contributed by atoms with Crippen molar-refractivity contribution in [1.82, 2.24) is 4.98 Å². The van der Waals surface area contributed by atoms with Crippen LogP contribution in [-0.2, 0) is 20.4 Å². The quantitative estimate of drug-likeness (QED) is 0.765. The van der Waals surface area contributed by atoms with Gasteiger partial charge in [-0.1, -0.05) is 6.07 Å². The Morgan fingerprint density at radius 3 is 1.77 bits per heavy atom. The fraction of sp³-hybridized carbons (Fsp3) is 0. The monoisotopic (exact) mass is 273 g/mol. The summed E-state index contributed by atoms with van der Waals surface area (Å²) in [4.78, 5) is 24.0. The van der Waals surface area contributed by atoms with Gasteiger partial charge in [-0.05, 0) is 12.1 Å². The molecule has 72 valence electrons. The zero-order chi connectivity index (χ0) is 9.14. The van der Waals surface area contributed by atoms with Gasteiger partial charge in [0.05, 0.1) is 0 Å². The molecule has 0 aliphatic carbocycles. The third kappa shape index (κ3) is 2.93. The minimum absolute atomic E-state index is 0. The summed E-state index contributed by atoms with van der Waals surface area (Å²) in [5.41, 5.74) is -0.537. The van der Waals surface area contributed by atoms with Crippen LogP contribution in [0, 0.1) is 0 Å². The molecule has 1 heterocycles. The second-order valence-electron chi connectivity index (χ2n) is 2.02. The van der Waals surface area contributed by atoms with Crippen LogP contribution < -0.4 is 0 Å². The van der Waals surface area contributed by atoms with Gasteiger partial charge in [0, 0.05) is 20.4 Å². The summed E-state index contributed by atoms with van der Waals surface area (Å²) >= 11 is 0. The minimum atomic E-state index is -1.24. The number of carbonyl (C=O) groups is 2. The van der Waals surface area contributed by atoms with Crippen molar-refractivity contribution >= 4 is 11.9 Å². The van der Waals surface area contributed by atoms with Crippen molar-refractivity contribution in [2.24, 2.45) is 0 Å². The number of rotatable bonds is 2. The van der Waals surface area contributed by atoms with E-state index in [1.165, 1.54) is 18.2 Å². The van der Waals surface area contributed by atoms with E-state index in [0.717, 1.165) is 0 Å². The fourth-order valence-corrected chi connectivity index (χ4v) is 0.673. The van der Waals surface area contributed by atoms with Crippen molar-refractivity contribution in [3.05, 3.63) is 29.6 Å². The molecule has 0 atom stereocenters. The number of hydrogen-bond acceptors (Lipinski definition) is 3. The molecule has 0 aliphatic heterocycles. The fourth-order valence-electron chi connectivity index (χ4n) is 0.673. The number of hydrogen-bond donors (Lipinski definition) is 2. The molecule has 0 saturated carbocycles. The van der Waals surface area contributed by atoms with E-state index in [0.29, 0.717) is 0 Å². The predicted octanol–water partition coefficient (Wildman–Crippen LogP) is 0.475. The van der Waals surface area contributed by atoms with Gasteiger partial charge in [0.25, 0.3) is 0 Å². The zero-order valence-electron chi connectivity index (χ0n) is 6.21. The zero-order valence-corrected chi connectivity index (χ0v) is 7.76. The van der Waals surface area contributed by atoms with Crippen LogP contribution in [0.3, 0.4) is 0 Å². The summed E-state index contributed by atoms with van der Waals surface area (Å²) in [5, 5.41) is 16.9. The normalized spacial score (nSPS) is 8.62. The van der Waals surface area contributed by atoms with Crippen LogP contribution in [0.1, 0.15) is 21.0 Å². The van der Waals surface area contributed by atoms with Gasteiger partial charge in [-0.2, -0.15) is 0 Å². The second-order valence-corrected chi connectivity index (χ2v) is 2.02. The van der Waals surface area contributed by atoms with E-state index in [9.17, 15) is 9.59 Å². The molecule has 6 heteroatoms. The number of carboxylic acids is 2. The number of nitrogens with zero attached hydrogens (tertiary/aromatic N) is 1. The Morgan fingerprint density at radius 1 is 1.08 bits per heavy atom. The van der Waals surface area contributed by atoms with Gasteiger partial charge in [0.15, 0.2) is 0 Å². The molecule has 0 spiro atoms. The number of carboxylic acid groups (broad SMARTS) is 2. The Labute approximate surface area is 87.1 Å². The predicted molar refractivity (Wildman–Crippen MR) is 38.2 cm³/mol. The standard InChI is InChI=1S/C7H5NO4.Pd/c9-6(10)4-2-1-3-5(8-4)7(11)12;/h1-3H,(H,9,10)(H,11,12);. The Bertz CT molecular complexity index is 310. The molecule has 5 nitrogen and oxygen atoms in total. The maximum atomic E-state index is 10.3. The number of aromatic nitrogens is 1. The second kappa shape index (κ2) is 4.70. The van der Waals surface area contributed by atoms with E-state index in [1.54, 1.807) is 0 Å². The van der Waals surface area contributed by atoms with Crippen LogP contribution in [-0.4, -0.2) is 27.1 Å². The Kier molecular flexibility index (Phi) is 4.25. The van der Waals surface area contributed by atoms with Crippen molar-refractivity contribution < 1.29 is 40.2 Å². The largest absolute Gasteiger partial charge is 0.477 e. The first-order chi connectivity index (χ1) is 5.61. The molecule has 0 amide bonds. The molecule has 0 aromatic carbocycles. The minimum Gasteiger partial charge on any atom is -0.477 e. The van der Waals surface area contributed by atoms with Gasteiger partial charge in [0.2, 0.25) is 0 Å². The first kappa shape index (κ1) is 11.8. The molecule has 0 aliphatic rings. The Hall–Kier alpha value is -1.25. The molecule has 0 bridgehead atoms. The van der Waals surface area contributed by atoms with Crippen molar-refractivity contribution in [1.29, 1.82) is 0 Å². The maximum absolute atomic E-state index is 10.3. The van der Waals surface area contributed by atoms with Gasteiger partial charge < -0.3 is 10.2 Å². The van der Waals surface area contributed by atoms with Crippen molar-refractivity contribution in [2.45, 2.75) is 0 Å². The summed E-state index contributed by atoms with van der Waals surface area (Å²) in [6, 6.07) is 3.80. The molecular weight excluding hydrogens is 268 g/mol. The summed E-state index contributed by atoms with van der Waals surface area (Å²) in [6.45, 7) is 0. The molecule has 0 saturated heterocycles. The third-order valence-electron chi connectivity index (χ3n) is 1.19. The average Bonchev–Trinajstić information content (AvgIpc) is 2.04. The molecule has 2 N–H and O–H groups in total. The SMILES string of the molecule is O=C(O)c1cccc(C(=O)O)n1.[Pd]. The molecule has 1 aromatic rings. The number of aromatic carboxylic acids is 2. The van der Waals surface area contributed by atoms with Crippen molar-refractivity contribution in [3.8, 4) is 0 Å². The molecule has 0 radical (unpaired) electrons. The maximum Gasteiger partial charge on any atom is 0.354 e. The summed E-state index contributed by atoms with van der Waals surface area (Å²) in [7, 11) is 0. The van der Waals surface area contributed by atoms with Crippen molar-refractivity contribution in [3.63, 3.8) is 0 Å². The van der Waals surface area contributed by atoms with Crippen molar-refractivity contribution in [2.75, 3.05) is 0 Å². The summed E-state index contributed by atoms with van der Waals surface area (Å²) in [6.07, 6.45) is 0. The molecular formula is C7H5NO4Pd. The first-order valence-corrected chi connectivity index (χ1v) is 3.05. The van der Waals surface area contributed by atoms with E-state index >= 15 is 0 Å². The van der Waals surface area contributed by atoms with E-state index in [1.807, 2.05) is 0 Å². The van der Waals surface area contributed by atoms with Gasteiger partial charge in [-0.3, -0.25) is 0 Å². The molecule has 1 rings (SSSR count). The molecule has 0 fully saturated rings. The molecule has 13 heavy (non-hydrogen) atoms. The van der Waals surface area contributed by atoms with E-state index in [2.05, 4.69) is 4.98 Å². The molecule has 1 aromatic heterocycles.